The number of hydrogen-bond acceptors (Lipinski definition) is 8. The number of rotatable bonds is 8. The molecule has 0 bridgehead atoms. The zero-order valence-electron chi connectivity index (χ0n) is 13.5. The first-order valence-corrected chi connectivity index (χ1v) is 8.43. The Morgan fingerprint density at radius 1 is 0.960 bits per heavy atom. The van der Waals surface area contributed by atoms with Crippen LogP contribution in [0, 0.1) is 9.67 Å². The molecule has 3 aromatic rings. The smallest absolute Gasteiger partial charge is 0.284 e. The summed E-state index contributed by atoms with van der Waals surface area (Å²) >= 11 is 9.81. The zero-order chi connectivity index (χ0) is 17.6. The average molecular weight is 379 g/mol. The Bertz CT molecular complexity index is 860. The van der Waals surface area contributed by atoms with Crippen molar-refractivity contribution >= 4 is 30.1 Å². The maximum absolute atomic E-state index is 5.32. The summed E-state index contributed by atoms with van der Waals surface area (Å²) in [5.41, 5.74) is 1.05. The van der Waals surface area contributed by atoms with E-state index in [1.165, 1.54) is 0 Å². The van der Waals surface area contributed by atoms with Crippen LogP contribution in [0.1, 0.15) is 11.8 Å². The van der Waals surface area contributed by atoms with Crippen molar-refractivity contribution in [1.29, 1.82) is 0 Å². The summed E-state index contributed by atoms with van der Waals surface area (Å²) in [6, 6.07) is 7.84. The minimum Gasteiger partial charge on any atom is -0.497 e. The van der Waals surface area contributed by atoms with Crippen LogP contribution in [-0.2, 0) is 12.8 Å². The van der Waals surface area contributed by atoms with Crippen LogP contribution in [0.4, 0.5) is 5.69 Å². The summed E-state index contributed by atoms with van der Waals surface area (Å²) in [7, 11) is 1.64. The lowest BCUT2D eigenvalue weighted by molar-refractivity contribution is 0.414. The molecule has 25 heavy (non-hydrogen) atoms. The van der Waals surface area contributed by atoms with Crippen LogP contribution >= 0.6 is 24.4 Å². The summed E-state index contributed by atoms with van der Waals surface area (Å²) < 4.78 is 15.9. The van der Waals surface area contributed by atoms with Crippen molar-refractivity contribution in [2.24, 2.45) is 0 Å². The largest absolute Gasteiger partial charge is 0.497 e. The zero-order valence-corrected chi connectivity index (χ0v) is 15.2. The first-order chi connectivity index (χ1) is 12.1. The number of nitrogens with zero attached hydrogens (tertiary/aromatic N) is 3. The molecule has 0 aliphatic heterocycles. The molecule has 3 rings (SSSR count). The first-order valence-electron chi connectivity index (χ1n) is 7.62. The monoisotopic (exact) mass is 379 g/mol. The highest BCUT2D eigenvalue weighted by Gasteiger charge is 2.11. The molecule has 0 fully saturated rings. The van der Waals surface area contributed by atoms with Crippen molar-refractivity contribution in [1.82, 2.24) is 20.4 Å². The third kappa shape index (κ3) is 4.77. The number of benzene rings is 1. The van der Waals surface area contributed by atoms with Crippen molar-refractivity contribution in [2.75, 3.05) is 25.1 Å². The second kappa shape index (κ2) is 8.08. The summed E-state index contributed by atoms with van der Waals surface area (Å²) in [4.78, 5) is 2.73. The van der Waals surface area contributed by atoms with Gasteiger partial charge in [-0.25, -0.2) is 10.2 Å². The van der Waals surface area contributed by atoms with E-state index in [0.717, 1.165) is 11.4 Å². The molecule has 10 heteroatoms. The van der Waals surface area contributed by atoms with E-state index in [0.29, 0.717) is 37.7 Å². The van der Waals surface area contributed by atoms with Gasteiger partial charge in [-0.3, -0.25) is 0 Å². The fourth-order valence-corrected chi connectivity index (χ4v) is 2.64. The van der Waals surface area contributed by atoms with Crippen LogP contribution in [0.3, 0.4) is 0 Å². The highest BCUT2D eigenvalue weighted by atomic mass is 32.1. The maximum Gasteiger partial charge on any atom is 0.284 e. The number of hydrogen-bond donors (Lipinski definition) is 2. The molecule has 0 aliphatic carbocycles. The summed E-state index contributed by atoms with van der Waals surface area (Å²) in [5.74, 6) is 1.95. The molecule has 0 unspecified atom stereocenters. The third-order valence-corrected chi connectivity index (χ3v) is 3.94. The SMILES string of the molecule is COc1ccc(N(CCc2n[nH]c(=S)o2)CCc2n[nH]c(=S)o2)cc1. The first kappa shape index (κ1) is 17.4. The molecule has 132 valence electrons. The van der Waals surface area contributed by atoms with Gasteiger partial charge >= 0.3 is 0 Å². The van der Waals surface area contributed by atoms with Gasteiger partial charge in [0.25, 0.3) is 9.67 Å². The number of methoxy groups -OCH3 is 1. The van der Waals surface area contributed by atoms with Gasteiger partial charge in [-0.2, -0.15) is 0 Å². The van der Waals surface area contributed by atoms with E-state index in [4.69, 9.17) is 38.0 Å². The maximum atomic E-state index is 5.32. The van der Waals surface area contributed by atoms with Crippen LogP contribution in [0.15, 0.2) is 33.1 Å². The molecule has 0 radical (unpaired) electrons. The van der Waals surface area contributed by atoms with E-state index in [1.807, 2.05) is 24.3 Å². The summed E-state index contributed by atoms with van der Waals surface area (Å²) in [5, 5.41) is 13.3. The van der Waals surface area contributed by atoms with Gasteiger partial charge in [-0.05, 0) is 48.7 Å². The number of ether oxygens (including phenoxy) is 1. The quantitative estimate of drug-likeness (QED) is 0.577. The van der Waals surface area contributed by atoms with Crippen LogP contribution in [-0.4, -0.2) is 40.6 Å². The molecule has 0 saturated carbocycles. The van der Waals surface area contributed by atoms with Crippen molar-refractivity contribution in [3.8, 4) is 5.75 Å². The van der Waals surface area contributed by atoms with Gasteiger partial charge in [-0.15, -0.1) is 10.2 Å². The van der Waals surface area contributed by atoms with Crippen LogP contribution in [0.5, 0.6) is 5.75 Å². The lowest BCUT2D eigenvalue weighted by Gasteiger charge is -2.24. The number of aromatic amines is 2. The third-order valence-electron chi connectivity index (χ3n) is 3.59. The molecule has 0 saturated heterocycles. The standard InChI is InChI=1S/C15H17N5O3S2/c1-21-11-4-2-10(3-5-11)20(8-6-12-16-18-14(24)22-12)9-7-13-17-19-15(25)23-13/h2-5H,6-9H2,1H3,(H,18,24)(H,19,25). The number of anilines is 1. The second-order valence-corrected chi connectivity index (χ2v) is 5.94. The van der Waals surface area contributed by atoms with E-state index >= 15 is 0 Å². The van der Waals surface area contributed by atoms with Gasteiger partial charge in [0.05, 0.1) is 7.11 Å². The van der Waals surface area contributed by atoms with Crippen LogP contribution in [0.2, 0.25) is 0 Å². The Balaban J connectivity index is 1.71. The Labute approximate surface area is 153 Å². The highest BCUT2D eigenvalue weighted by molar-refractivity contribution is 7.71. The minimum absolute atomic E-state index is 0.277. The minimum atomic E-state index is 0.277. The lowest BCUT2D eigenvalue weighted by Crippen LogP contribution is -2.28. The van der Waals surface area contributed by atoms with E-state index < -0.39 is 0 Å². The molecular formula is C15H17N5O3S2. The second-order valence-electron chi connectivity index (χ2n) is 5.20. The van der Waals surface area contributed by atoms with E-state index in [1.54, 1.807) is 7.11 Å². The van der Waals surface area contributed by atoms with Crippen molar-refractivity contribution < 1.29 is 13.6 Å². The van der Waals surface area contributed by atoms with Crippen LogP contribution < -0.4 is 9.64 Å². The molecule has 0 spiro atoms. The lowest BCUT2D eigenvalue weighted by atomic mass is 10.2. The van der Waals surface area contributed by atoms with Crippen molar-refractivity contribution in [2.45, 2.75) is 12.8 Å². The fourth-order valence-electron chi connectivity index (χ4n) is 2.36. The van der Waals surface area contributed by atoms with Crippen molar-refractivity contribution in [3.05, 3.63) is 45.7 Å². The van der Waals surface area contributed by atoms with Gasteiger partial charge in [-0.1, -0.05) is 0 Å². The molecule has 0 atom stereocenters. The van der Waals surface area contributed by atoms with Crippen molar-refractivity contribution in [3.63, 3.8) is 0 Å². The Hall–Kier alpha value is -2.46. The molecular weight excluding hydrogens is 362 g/mol. The predicted molar refractivity (Wildman–Crippen MR) is 96.0 cm³/mol. The van der Waals surface area contributed by atoms with Gasteiger partial charge in [0.15, 0.2) is 0 Å². The number of nitrogens with one attached hydrogen (secondary N) is 2. The Morgan fingerprint density at radius 3 is 1.88 bits per heavy atom. The summed E-state index contributed by atoms with van der Waals surface area (Å²) in [6.45, 7) is 1.39. The van der Waals surface area contributed by atoms with Gasteiger partial charge in [0.2, 0.25) is 11.8 Å². The molecule has 2 N–H and O–H groups in total. The molecule has 1 aromatic carbocycles. The molecule has 8 nitrogen and oxygen atoms in total. The van der Waals surface area contributed by atoms with Gasteiger partial charge in [0.1, 0.15) is 5.75 Å². The van der Waals surface area contributed by atoms with E-state index in [-0.39, 0.29) is 9.67 Å². The molecule has 2 aromatic heterocycles. The topological polar surface area (TPSA) is 96.1 Å². The van der Waals surface area contributed by atoms with Gasteiger partial charge in [0, 0.05) is 31.6 Å². The van der Waals surface area contributed by atoms with E-state index in [2.05, 4.69) is 25.3 Å². The molecule has 0 amide bonds. The highest BCUT2D eigenvalue weighted by Crippen LogP contribution is 2.20. The Kier molecular flexibility index (Phi) is 5.61. The van der Waals surface area contributed by atoms with Crippen LogP contribution in [0.25, 0.3) is 0 Å². The molecule has 2 heterocycles. The summed E-state index contributed by atoms with van der Waals surface area (Å²) in [6.07, 6.45) is 1.23. The average Bonchev–Trinajstić information content (AvgIpc) is 3.23. The fraction of sp³-hybridized carbons (Fsp3) is 0.333. The van der Waals surface area contributed by atoms with E-state index in [9.17, 15) is 0 Å². The predicted octanol–water partition coefficient (Wildman–Crippen LogP) is 3.08. The van der Waals surface area contributed by atoms with Gasteiger partial charge < -0.3 is 18.5 Å². The normalized spacial score (nSPS) is 10.8. The Morgan fingerprint density at radius 2 is 1.48 bits per heavy atom. The number of aromatic nitrogens is 4. The molecule has 0 aliphatic rings. The number of H-pyrrole nitrogens is 2.